The molecule has 0 unspecified atom stereocenters. The Kier molecular flexibility index (Phi) is 6.29. The van der Waals surface area contributed by atoms with Gasteiger partial charge >= 0.3 is 0 Å². The number of anilines is 6. The number of rotatable bonds is 2. The predicted molar refractivity (Wildman–Crippen MR) is 256 cm³/mol. The molecule has 3 aromatic heterocycles. The lowest BCUT2D eigenvalue weighted by molar-refractivity contribution is 0.486. The van der Waals surface area contributed by atoms with Gasteiger partial charge in [-0.3, -0.25) is 0 Å². The third-order valence-electron chi connectivity index (χ3n) is 13.1. The molecule has 0 amide bonds. The Morgan fingerprint density at radius 2 is 0.836 bits per heavy atom. The topological polar surface area (TPSA) is 38.1 Å². The molecule has 11 aromatic rings. The Labute approximate surface area is 358 Å². The summed E-state index contributed by atoms with van der Waals surface area (Å²) in [6, 6.07) is 61.0. The highest BCUT2D eigenvalue weighted by molar-refractivity contribution is 7.34. The lowest BCUT2D eigenvalue weighted by Gasteiger charge is -2.38. The summed E-state index contributed by atoms with van der Waals surface area (Å²) in [7, 11) is 0. The van der Waals surface area contributed by atoms with Crippen molar-refractivity contribution in [1.29, 1.82) is 0 Å². The van der Waals surface area contributed by atoms with Crippen molar-refractivity contribution in [1.82, 2.24) is 0 Å². The zero-order valence-electron chi connectivity index (χ0n) is 32.3. The van der Waals surface area contributed by atoms with Crippen LogP contribution in [0.1, 0.15) is 0 Å². The van der Waals surface area contributed by atoms with Gasteiger partial charge in [-0.2, -0.15) is 0 Å². The minimum Gasteiger partial charge on any atom is -0.458 e. The fraction of sp³-hybridized carbons (Fsp3) is 0. The van der Waals surface area contributed by atoms with E-state index in [1.807, 2.05) is 22.7 Å². The van der Waals surface area contributed by atoms with Crippen molar-refractivity contribution < 1.29 is 13.9 Å². The second kappa shape index (κ2) is 11.8. The molecule has 0 bridgehead atoms. The third kappa shape index (κ3) is 4.26. The molecule has 0 saturated carbocycles. The maximum absolute atomic E-state index is 6.90. The SMILES string of the molecule is c1ccc(N2c3cccc4c3B(c3cc5c(cc3O4)oc3cc4c(cc35)B3c5sc6ccccc6c5N(c5ccccc5)c5cccc(c53)O4)c3sc4ccccc4c32)cc1. The second-order valence-electron chi connectivity index (χ2n) is 16.3. The quantitative estimate of drug-likeness (QED) is 0.163. The second-order valence-corrected chi connectivity index (χ2v) is 18.5. The van der Waals surface area contributed by atoms with E-state index < -0.39 is 0 Å². The molecule has 8 aromatic carbocycles. The van der Waals surface area contributed by atoms with E-state index in [0.717, 1.165) is 78.6 Å². The van der Waals surface area contributed by atoms with E-state index in [0.29, 0.717) is 0 Å². The van der Waals surface area contributed by atoms with Crippen molar-refractivity contribution in [3.05, 3.63) is 170 Å². The Hall–Kier alpha value is -7.19. The van der Waals surface area contributed by atoms with Gasteiger partial charge in [0.2, 0.25) is 0 Å². The Morgan fingerprint density at radius 3 is 1.31 bits per heavy atom. The minimum atomic E-state index is -0.0181. The van der Waals surface area contributed by atoms with Crippen LogP contribution in [0.4, 0.5) is 34.1 Å². The maximum atomic E-state index is 6.90. The molecule has 4 aliphatic rings. The van der Waals surface area contributed by atoms with Gasteiger partial charge in [0.05, 0.1) is 11.4 Å². The van der Waals surface area contributed by atoms with Gasteiger partial charge in [-0.15, -0.1) is 22.7 Å². The van der Waals surface area contributed by atoms with Crippen molar-refractivity contribution in [2.24, 2.45) is 0 Å². The predicted octanol–water partition coefficient (Wildman–Crippen LogP) is 10.8. The Morgan fingerprint density at radius 1 is 0.393 bits per heavy atom. The summed E-state index contributed by atoms with van der Waals surface area (Å²) in [5, 5.41) is 4.67. The smallest absolute Gasteiger partial charge is 0.268 e. The molecular formula is C52H28B2N2O3S2. The van der Waals surface area contributed by atoms with Gasteiger partial charge < -0.3 is 23.7 Å². The molecular weight excluding hydrogens is 786 g/mol. The van der Waals surface area contributed by atoms with E-state index >= 15 is 0 Å². The molecule has 0 atom stereocenters. The van der Waals surface area contributed by atoms with Crippen LogP contribution in [0.3, 0.4) is 0 Å². The largest absolute Gasteiger partial charge is 0.458 e. The standard InChI is InChI=1S/C52H28B2N2O3S2/c1-3-13-29(14-4-1)55-37-19-11-21-39-47(37)53(51-49(55)31-17-7-9-23-45(31)60-51)35-25-33-34-26-36-44(28-42(34)59-41(33)27-43(35)57-39)58-40-22-12-20-38-48(40)54(36)52-50(32-18-8-10-24-46(32)61-52)56(38)30-15-5-2-6-16-30/h1-28H. The molecule has 0 fully saturated rings. The number of ether oxygens (including phenoxy) is 2. The maximum Gasteiger partial charge on any atom is 0.268 e. The van der Waals surface area contributed by atoms with Crippen LogP contribution in [0, 0.1) is 0 Å². The van der Waals surface area contributed by atoms with Gasteiger partial charge in [0.15, 0.2) is 0 Å². The van der Waals surface area contributed by atoms with Crippen LogP contribution in [0.5, 0.6) is 23.0 Å². The molecule has 0 N–H and O–H groups in total. The van der Waals surface area contributed by atoms with Gasteiger partial charge in [0, 0.05) is 75.4 Å². The van der Waals surface area contributed by atoms with Crippen molar-refractivity contribution in [2.45, 2.75) is 0 Å². The summed E-state index contributed by atoms with van der Waals surface area (Å²) >= 11 is 3.78. The normalized spacial score (nSPS) is 14.0. The number of hydrogen-bond donors (Lipinski definition) is 0. The third-order valence-corrected chi connectivity index (χ3v) is 15.6. The van der Waals surface area contributed by atoms with Crippen molar-refractivity contribution in [3.63, 3.8) is 0 Å². The van der Waals surface area contributed by atoms with E-state index in [9.17, 15) is 0 Å². The first kappa shape index (κ1) is 32.6. The summed E-state index contributed by atoms with van der Waals surface area (Å²) in [5.41, 5.74) is 13.3. The van der Waals surface area contributed by atoms with Gasteiger partial charge in [-0.05, 0) is 82.5 Å². The molecule has 0 spiro atoms. The highest BCUT2D eigenvalue weighted by Gasteiger charge is 2.46. The fourth-order valence-corrected chi connectivity index (χ4v) is 13.3. The minimum absolute atomic E-state index is 0.0181. The number of fused-ring (bicyclic) bond motifs is 15. The zero-order valence-corrected chi connectivity index (χ0v) is 33.9. The van der Waals surface area contributed by atoms with E-state index in [2.05, 4.69) is 180 Å². The van der Waals surface area contributed by atoms with Crippen LogP contribution < -0.4 is 50.7 Å². The van der Waals surface area contributed by atoms with Crippen LogP contribution in [-0.2, 0) is 0 Å². The molecule has 15 rings (SSSR count). The molecule has 0 aliphatic carbocycles. The molecule has 9 heteroatoms. The summed E-state index contributed by atoms with van der Waals surface area (Å²) in [4.78, 5) is 4.88. The first-order valence-electron chi connectivity index (χ1n) is 20.6. The van der Waals surface area contributed by atoms with Gasteiger partial charge in [-0.25, -0.2) is 0 Å². The average molecular weight is 815 g/mol. The Bertz CT molecular complexity index is 3470. The fourth-order valence-electron chi connectivity index (χ4n) is 10.7. The van der Waals surface area contributed by atoms with E-state index in [4.69, 9.17) is 13.9 Å². The number of nitrogens with zero attached hydrogens (tertiary/aromatic N) is 2. The van der Waals surface area contributed by atoms with Crippen molar-refractivity contribution in [2.75, 3.05) is 9.80 Å². The van der Waals surface area contributed by atoms with Crippen LogP contribution in [0.15, 0.2) is 174 Å². The van der Waals surface area contributed by atoms with E-state index in [-0.39, 0.29) is 13.4 Å². The van der Waals surface area contributed by atoms with Crippen LogP contribution in [0.25, 0.3) is 42.1 Å². The van der Waals surface area contributed by atoms with E-state index in [1.54, 1.807) is 0 Å². The first-order valence-corrected chi connectivity index (χ1v) is 22.3. The summed E-state index contributed by atoms with van der Waals surface area (Å²) in [6.07, 6.45) is 0. The van der Waals surface area contributed by atoms with E-state index in [1.165, 1.54) is 52.0 Å². The number of hydrogen-bond acceptors (Lipinski definition) is 7. The number of furan rings is 1. The highest BCUT2D eigenvalue weighted by Crippen LogP contribution is 2.48. The lowest BCUT2D eigenvalue weighted by Crippen LogP contribution is -2.58. The molecule has 7 heterocycles. The summed E-state index contributed by atoms with van der Waals surface area (Å²) < 4.78 is 25.8. The molecule has 61 heavy (non-hydrogen) atoms. The average Bonchev–Trinajstić information content (AvgIpc) is 3.99. The summed E-state index contributed by atoms with van der Waals surface area (Å²) in [6.45, 7) is -0.0362. The van der Waals surface area contributed by atoms with Gasteiger partial charge in [0.25, 0.3) is 13.4 Å². The van der Waals surface area contributed by atoms with Crippen molar-refractivity contribution >= 4 is 144 Å². The monoisotopic (exact) mass is 814 g/mol. The van der Waals surface area contributed by atoms with Crippen LogP contribution in [-0.4, -0.2) is 13.4 Å². The molecule has 282 valence electrons. The highest BCUT2D eigenvalue weighted by atomic mass is 32.1. The van der Waals surface area contributed by atoms with Crippen LogP contribution >= 0.6 is 22.7 Å². The molecule has 0 radical (unpaired) electrons. The summed E-state index contributed by atoms with van der Waals surface area (Å²) in [5.74, 6) is 3.43. The van der Waals surface area contributed by atoms with Gasteiger partial charge in [0.1, 0.15) is 34.2 Å². The number of benzene rings is 8. The molecule has 5 nitrogen and oxygen atoms in total. The number of para-hydroxylation sites is 2. The zero-order chi connectivity index (χ0) is 39.5. The first-order chi connectivity index (χ1) is 30.2. The molecule has 0 saturated heterocycles. The lowest BCUT2D eigenvalue weighted by atomic mass is 9.36. The van der Waals surface area contributed by atoms with Crippen molar-refractivity contribution in [3.8, 4) is 23.0 Å². The van der Waals surface area contributed by atoms with Crippen LogP contribution in [0.2, 0.25) is 0 Å². The van der Waals surface area contributed by atoms with Gasteiger partial charge in [-0.1, -0.05) is 97.1 Å². The Balaban J connectivity index is 0.965. The molecule has 4 aliphatic heterocycles. The number of thiophene rings is 2.